The van der Waals surface area contributed by atoms with Crippen LogP contribution in [0.25, 0.3) is 0 Å². The Morgan fingerprint density at radius 3 is 2.71 bits per heavy atom. The van der Waals surface area contributed by atoms with E-state index in [-0.39, 0.29) is 6.61 Å². The summed E-state index contributed by atoms with van der Waals surface area (Å²) < 4.78 is 19.0. The van der Waals surface area contributed by atoms with Gasteiger partial charge in [0.1, 0.15) is 11.6 Å². The molecule has 14 heavy (non-hydrogen) atoms. The molecule has 0 fully saturated rings. The number of rotatable bonds is 3. The molecule has 78 valence electrons. The summed E-state index contributed by atoms with van der Waals surface area (Å²) in [5, 5.41) is 0. The molecule has 0 aromatic heterocycles. The molecular formula is C9H11BrFNO2. The van der Waals surface area contributed by atoms with Crippen LogP contribution in [0.1, 0.15) is 11.1 Å². The third kappa shape index (κ3) is 2.05. The molecule has 0 unspecified atom stereocenters. The molecule has 0 saturated carbocycles. The predicted octanol–water partition coefficient (Wildman–Crippen LogP) is 2.30. The lowest BCUT2D eigenvalue weighted by molar-refractivity contribution is 0.119. The summed E-state index contributed by atoms with van der Waals surface area (Å²) in [4.78, 5) is 4.42. The number of ether oxygens (including phenoxy) is 1. The summed E-state index contributed by atoms with van der Waals surface area (Å²) in [5.41, 5.74) is 1.15. The molecule has 0 bridgehead atoms. The highest BCUT2D eigenvalue weighted by Gasteiger charge is 2.15. The van der Waals surface area contributed by atoms with E-state index in [1.54, 1.807) is 6.07 Å². The number of halogens is 2. The molecule has 1 aromatic carbocycles. The first-order valence-electron chi connectivity index (χ1n) is 3.95. The van der Waals surface area contributed by atoms with E-state index < -0.39 is 5.82 Å². The van der Waals surface area contributed by atoms with Gasteiger partial charge >= 0.3 is 0 Å². The van der Waals surface area contributed by atoms with E-state index in [0.717, 1.165) is 5.56 Å². The van der Waals surface area contributed by atoms with Crippen molar-refractivity contribution in [3.8, 4) is 5.75 Å². The van der Waals surface area contributed by atoms with Gasteiger partial charge in [0.15, 0.2) is 0 Å². The van der Waals surface area contributed by atoms with Crippen LogP contribution in [0.2, 0.25) is 0 Å². The first-order valence-corrected chi connectivity index (χ1v) is 4.74. The van der Waals surface area contributed by atoms with Crippen LogP contribution in [0.15, 0.2) is 10.5 Å². The maximum absolute atomic E-state index is 13.6. The van der Waals surface area contributed by atoms with Crippen LogP contribution >= 0.6 is 15.9 Å². The predicted molar refractivity (Wildman–Crippen MR) is 54.4 cm³/mol. The van der Waals surface area contributed by atoms with Crippen LogP contribution < -0.4 is 10.6 Å². The van der Waals surface area contributed by atoms with Crippen molar-refractivity contribution in [1.82, 2.24) is 0 Å². The van der Waals surface area contributed by atoms with E-state index in [1.807, 2.05) is 6.92 Å². The Kier molecular flexibility index (Phi) is 3.86. The van der Waals surface area contributed by atoms with Gasteiger partial charge in [-0.15, -0.1) is 0 Å². The molecule has 0 saturated heterocycles. The number of hydrogen-bond donors (Lipinski definition) is 1. The van der Waals surface area contributed by atoms with Gasteiger partial charge in [0.2, 0.25) is 0 Å². The lowest BCUT2D eigenvalue weighted by atomic mass is 10.1. The Bertz CT molecular complexity index is 344. The Balaban J connectivity index is 3.32. The molecule has 3 nitrogen and oxygen atoms in total. The molecule has 0 spiro atoms. The molecule has 0 aliphatic carbocycles. The summed E-state index contributed by atoms with van der Waals surface area (Å²) in [6, 6.07) is 1.65. The van der Waals surface area contributed by atoms with Gasteiger partial charge in [-0.25, -0.2) is 10.3 Å². The normalized spacial score (nSPS) is 10.4. The van der Waals surface area contributed by atoms with Crippen molar-refractivity contribution >= 4 is 15.9 Å². The maximum Gasteiger partial charge on any atom is 0.146 e. The second-order valence-electron chi connectivity index (χ2n) is 2.81. The van der Waals surface area contributed by atoms with Gasteiger partial charge in [0, 0.05) is 0 Å². The minimum absolute atomic E-state index is 0.0186. The molecule has 0 aliphatic heterocycles. The second kappa shape index (κ2) is 4.72. The fourth-order valence-corrected chi connectivity index (χ4v) is 1.88. The minimum Gasteiger partial charge on any atom is -0.496 e. The first-order chi connectivity index (χ1) is 6.61. The van der Waals surface area contributed by atoms with E-state index in [4.69, 9.17) is 10.6 Å². The van der Waals surface area contributed by atoms with Crippen molar-refractivity contribution in [2.45, 2.75) is 13.5 Å². The molecule has 0 heterocycles. The van der Waals surface area contributed by atoms with Crippen LogP contribution in [0, 0.1) is 12.7 Å². The van der Waals surface area contributed by atoms with Crippen LogP contribution in [0.3, 0.4) is 0 Å². The van der Waals surface area contributed by atoms with Gasteiger partial charge in [-0.05, 0) is 34.5 Å². The van der Waals surface area contributed by atoms with E-state index in [9.17, 15) is 4.39 Å². The SMILES string of the molecule is COc1c(C)cc(Br)c(F)c1CON. The Labute approximate surface area is 90.1 Å². The topological polar surface area (TPSA) is 44.5 Å². The number of aryl methyl sites for hydroxylation is 1. The highest BCUT2D eigenvalue weighted by atomic mass is 79.9. The molecule has 0 aliphatic rings. The highest BCUT2D eigenvalue weighted by molar-refractivity contribution is 9.10. The molecular weight excluding hydrogens is 253 g/mol. The number of benzene rings is 1. The van der Waals surface area contributed by atoms with E-state index in [1.165, 1.54) is 7.11 Å². The zero-order chi connectivity index (χ0) is 10.7. The molecule has 0 amide bonds. The minimum atomic E-state index is -0.405. The molecule has 5 heteroatoms. The van der Waals surface area contributed by atoms with Gasteiger partial charge in [-0.3, -0.25) is 4.84 Å². The molecule has 0 atom stereocenters. The average Bonchev–Trinajstić information content (AvgIpc) is 2.14. The Morgan fingerprint density at radius 2 is 2.21 bits per heavy atom. The smallest absolute Gasteiger partial charge is 0.146 e. The van der Waals surface area contributed by atoms with Crippen LogP contribution in [0.4, 0.5) is 4.39 Å². The lowest BCUT2D eigenvalue weighted by Gasteiger charge is -2.12. The van der Waals surface area contributed by atoms with Gasteiger partial charge in [-0.2, -0.15) is 0 Å². The van der Waals surface area contributed by atoms with Gasteiger partial charge < -0.3 is 4.74 Å². The molecule has 1 rings (SSSR count). The van der Waals surface area contributed by atoms with E-state index in [0.29, 0.717) is 15.8 Å². The monoisotopic (exact) mass is 263 g/mol. The second-order valence-corrected chi connectivity index (χ2v) is 3.67. The average molecular weight is 264 g/mol. The number of hydrogen-bond acceptors (Lipinski definition) is 3. The largest absolute Gasteiger partial charge is 0.496 e. The van der Waals surface area contributed by atoms with Gasteiger partial charge in [0.25, 0.3) is 0 Å². The standard InChI is InChI=1S/C9H11BrFNO2/c1-5-3-7(10)8(11)6(4-14-12)9(5)13-2/h3H,4,12H2,1-2H3. The Hall–Kier alpha value is -0.650. The lowest BCUT2D eigenvalue weighted by Crippen LogP contribution is -2.05. The van der Waals surface area contributed by atoms with E-state index >= 15 is 0 Å². The van der Waals surface area contributed by atoms with Crippen LogP contribution in [-0.2, 0) is 11.4 Å². The van der Waals surface area contributed by atoms with Crippen LogP contribution in [0.5, 0.6) is 5.75 Å². The summed E-state index contributed by atoms with van der Waals surface area (Å²) in [6.45, 7) is 1.80. The molecule has 2 N–H and O–H groups in total. The zero-order valence-corrected chi connectivity index (χ0v) is 9.52. The van der Waals surface area contributed by atoms with Crippen molar-refractivity contribution in [1.29, 1.82) is 0 Å². The fourth-order valence-electron chi connectivity index (χ4n) is 1.30. The van der Waals surface area contributed by atoms with Gasteiger partial charge in [0.05, 0.1) is 23.8 Å². The Morgan fingerprint density at radius 1 is 1.57 bits per heavy atom. The summed E-state index contributed by atoms with van der Waals surface area (Å²) >= 11 is 3.10. The molecule has 0 radical (unpaired) electrons. The number of nitrogens with two attached hydrogens (primary N) is 1. The van der Waals surface area contributed by atoms with Crippen LogP contribution in [-0.4, -0.2) is 7.11 Å². The van der Waals surface area contributed by atoms with Crippen molar-refractivity contribution in [3.63, 3.8) is 0 Å². The summed E-state index contributed by atoms with van der Waals surface area (Å²) in [6.07, 6.45) is 0. The maximum atomic E-state index is 13.6. The third-order valence-corrected chi connectivity index (χ3v) is 2.46. The fraction of sp³-hybridized carbons (Fsp3) is 0.333. The van der Waals surface area contributed by atoms with Crippen molar-refractivity contribution in [3.05, 3.63) is 27.5 Å². The first kappa shape index (κ1) is 11.4. The van der Waals surface area contributed by atoms with E-state index in [2.05, 4.69) is 20.8 Å². The zero-order valence-electron chi connectivity index (χ0n) is 7.93. The van der Waals surface area contributed by atoms with Gasteiger partial charge in [-0.1, -0.05) is 0 Å². The number of methoxy groups -OCH3 is 1. The third-order valence-electron chi connectivity index (χ3n) is 1.88. The van der Waals surface area contributed by atoms with Crippen molar-refractivity contribution < 1.29 is 14.0 Å². The summed E-state index contributed by atoms with van der Waals surface area (Å²) in [7, 11) is 1.48. The van der Waals surface area contributed by atoms with Crippen molar-refractivity contribution in [2.75, 3.05) is 7.11 Å². The summed E-state index contributed by atoms with van der Waals surface area (Å²) in [5.74, 6) is 4.98. The quantitative estimate of drug-likeness (QED) is 0.852. The molecule has 1 aromatic rings. The van der Waals surface area contributed by atoms with Crippen molar-refractivity contribution in [2.24, 2.45) is 5.90 Å². The highest BCUT2D eigenvalue weighted by Crippen LogP contribution is 2.31.